The van der Waals surface area contributed by atoms with Crippen molar-refractivity contribution < 1.29 is 0 Å². The van der Waals surface area contributed by atoms with Crippen molar-refractivity contribution >= 4 is 0 Å². The van der Waals surface area contributed by atoms with Gasteiger partial charge in [-0.05, 0) is 37.9 Å². The minimum absolute atomic E-state index is 0.347. The van der Waals surface area contributed by atoms with E-state index in [2.05, 4.69) is 43.7 Å². The summed E-state index contributed by atoms with van der Waals surface area (Å²) < 4.78 is 0. The van der Waals surface area contributed by atoms with E-state index < -0.39 is 0 Å². The number of hydrogen-bond acceptors (Lipinski definition) is 2. The summed E-state index contributed by atoms with van der Waals surface area (Å²) in [5.74, 6) is 0. The number of pyridine rings is 1. The molecule has 1 heterocycles. The molecule has 0 aromatic carbocycles. The second-order valence-electron chi connectivity index (χ2n) is 4.07. The Kier molecular flexibility index (Phi) is 4.50. The molecular formula is C13H20N2. The Labute approximate surface area is 92.4 Å². The van der Waals surface area contributed by atoms with Crippen LogP contribution in [0.4, 0.5) is 0 Å². The van der Waals surface area contributed by atoms with Crippen LogP contribution in [0.1, 0.15) is 37.4 Å². The summed E-state index contributed by atoms with van der Waals surface area (Å²) in [6.45, 7) is 11.2. The summed E-state index contributed by atoms with van der Waals surface area (Å²) in [6.07, 6.45) is 4.79. The average molecular weight is 204 g/mol. The van der Waals surface area contributed by atoms with Crippen LogP contribution in [0, 0.1) is 6.92 Å². The molecule has 1 atom stereocenters. The summed E-state index contributed by atoms with van der Waals surface area (Å²) in [5, 5.41) is 3.46. The first-order valence-electron chi connectivity index (χ1n) is 5.42. The van der Waals surface area contributed by atoms with Crippen LogP contribution in [0.15, 0.2) is 30.6 Å². The highest BCUT2D eigenvalue weighted by molar-refractivity contribution is 5.21. The van der Waals surface area contributed by atoms with Gasteiger partial charge in [0.1, 0.15) is 0 Å². The molecule has 0 bridgehead atoms. The van der Waals surface area contributed by atoms with Crippen molar-refractivity contribution in [2.24, 2.45) is 0 Å². The molecule has 0 saturated carbocycles. The Morgan fingerprint density at radius 1 is 1.53 bits per heavy atom. The molecule has 1 aromatic heterocycles. The van der Waals surface area contributed by atoms with Crippen molar-refractivity contribution in [2.45, 2.75) is 33.2 Å². The van der Waals surface area contributed by atoms with Crippen LogP contribution < -0.4 is 5.32 Å². The second-order valence-corrected chi connectivity index (χ2v) is 4.07. The van der Waals surface area contributed by atoms with Crippen molar-refractivity contribution in [3.8, 4) is 0 Å². The van der Waals surface area contributed by atoms with Crippen LogP contribution in [0.2, 0.25) is 0 Å². The van der Waals surface area contributed by atoms with Gasteiger partial charge in [-0.2, -0.15) is 0 Å². The average Bonchev–Trinajstić information content (AvgIpc) is 2.16. The van der Waals surface area contributed by atoms with Gasteiger partial charge < -0.3 is 5.32 Å². The van der Waals surface area contributed by atoms with Gasteiger partial charge in [-0.1, -0.05) is 18.6 Å². The molecule has 0 aliphatic rings. The van der Waals surface area contributed by atoms with Crippen LogP contribution in [-0.4, -0.2) is 11.5 Å². The van der Waals surface area contributed by atoms with Gasteiger partial charge in [-0.15, -0.1) is 6.58 Å². The first-order valence-corrected chi connectivity index (χ1v) is 5.42. The molecule has 0 spiro atoms. The largest absolute Gasteiger partial charge is 0.310 e. The molecule has 1 rings (SSSR count). The van der Waals surface area contributed by atoms with E-state index in [-0.39, 0.29) is 0 Å². The van der Waals surface area contributed by atoms with Gasteiger partial charge in [0.2, 0.25) is 0 Å². The lowest BCUT2D eigenvalue weighted by molar-refractivity contribution is 0.546. The first-order chi connectivity index (χ1) is 7.13. The second kappa shape index (κ2) is 5.66. The zero-order valence-electron chi connectivity index (χ0n) is 9.88. The van der Waals surface area contributed by atoms with Gasteiger partial charge >= 0.3 is 0 Å². The molecular weight excluding hydrogens is 184 g/mol. The maximum absolute atomic E-state index is 4.22. The van der Waals surface area contributed by atoms with Crippen molar-refractivity contribution in [1.29, 1.82) is 0 Å². The van der Waals surface area contributed by atoms with Gasteiger partial charge in [-0.3, -0.25) is 4.98 Å². The maximum atomic E-state index is 4.22. The SMILES string of the molecule is C=C(C)CC(NCC)c1cncc(C)c1. The van der Waals surface area contributed by atoms with E-state index in [1.807, 2.05) is 12.4 Å². The highest BCUT2D eigenvalue weighted by atomic mass is 14.9. The fourth-order valence-corrected chi connectivity index (χ4v) is 1.67. The van der Waals surface area contributed by atoms with Crippen molar-refractivity contribution in [3.63, 3.8) is 0 Å². The van der Waals surface area contributed by atoms with Gasteiger partial charge in [0.25, 0.3) is 0 Å². The van der Waals surface area contributed by atoms with E-state index >= 15 is 0 Å². The molecule has 0 fully saturated rings. The van der Waals surface area contributed by atoms with Crippen LogP contribution in [0.5, 0.6) is 0 Å². The van der Waals surface area contributed by atoms with E-state index in [4.69, 9.17) is 0 Å². The smallest absolute Gasteiger partial charge is 0.0372 e. The van der Waals surface area contributed by atoms with E-state index in [1.54, 1.807) is 0 Å². The lowest BCUT2D eigenvalue weighted by Crippen LogP contribution is -2.21. The normalized spacial score (nSPS) is 12.5. The first kappa shape index (κ1) is 11.9. The summed E-state index contributed by atoms with van der Waals surface area (Å²) in [5.41, 5.74) is 3.65. The fraction of sp³-hybridized carbons (Fsp3) is 0.462. The monoisotopic (exact) mass is 204 g/mol. The standard InChI is InChI=1S/C13H20N2/c1-5-15-13(6-10(2)3)12-7-11(4)8-14-9-12/h7-9,13,15H,2,5-6H2,1,3-4H3. The molecule has 0 aliphatic heterocycles. The van der Waals surface area contributed by atoms with Gasteiger partial charge in [0.15, 0.2) is 0 Å². The van der Waals surface area contributed by atoms with Crippen molar-refractivity contribution in [3.05, 3.63) is 41.7 Å². The molecule has 2 nitrogen and oxygen atoms in total. The Morgan fingerprint density at radius 2 is 2.27 bits per heavy atom. The quantitative estimate of drug-likeness (QED) is 0.746. The lowest BCUT2D eigenvalue weighted by Gasteiger charge is -2.18. The lowest BCUT2D eigenvalue weighted by atomic mass is 10.0. The van der Waals surface area contributed by atoms with Gasteiger partial charge in [-0.25, -0.2) is 0 Å². The molecule has 0 aliphatic carbocycles. The number of aryl methyl sites for hydroxylation is 1. The third-order valence-corrected chi connectivity index (χ3v) is 2.30. The van der Waals surface area contributed by atoms with Gasteiger partial charge in [0.05, 0.1) is 0 Å². The molecule has 0 amide bonds. The number of nitrogens with one attached hydrogen (secondary N) is 1. The van der Waals surface area contributed by atoms with Crippen LogP contribution in [0.3, 0.4) is 0 Å². The fourth-order valence-electron chi connectivity index (χ4n) is 1.67. The number of rotatable bonds is 5. The van der Waals surface area contributed by atoms with E-state index in [9.17, 15) is 0 Å². The summed E-state index contributed by atoms with van der Waals surface area (Å²) in [7, 11) is 0. The van der Waals surface area contributed by atoms with Crippen LogP contribution in [-0.2, 0) is 0 Å². The van der Waals surface area contributed by atoms with Crippen LogP contribution >= 0.6 is 0 Å². The van der Waals surface area contributed by atoms with E-state index in [0.717, 1.165) is 13.0 Å². The minimum atomic E-state index is 0.347. The molecule has 2 heteroatoms. The van der Waals surface area contributed by atoms with Crippen LogP contribution in [0.25, 0.3) is 0 Å². The molecule has 0 radical (unpaired) electrons. The molecule has 0 saturated heterocycles. The zero-order chi connectivity index (χ0) is 11.3. The summed E-state index contributed by atoms with van der Waals surface area (Å²) in [6, 6.07) is 2.53. The van der Waals surface area contributed by atoms with Crippen molar-refractivity contribution in [2.75, 3.05) is 6.54 Å². The molecule has 82 valence electrons. The molecule has 1 unspecified atom stereocenters. The Hall–Kier alpha value is -1.15. The topological polar surface area (TPSA) is 24.9 Å². The molecule has 15 heavy (non-hydrogen) atoms. The summed E-state index contributed by atoms with van der Waals surface area (Å²) >= 11 is 0. The Morgan fingerprint density at radius 3 is 2.80 bits per heavy atom. The highest BCUT2D eigenvalue weighted by Crippen LogP contribution is 2.20. The molecule has 1 aromatic rings. The predicted molar refractivity (Wildman–Crippen MR) is 64.8 cm³/mol. The highest BCUT2D eigenvalue weighted by Gasteiger charge is 2.10. The summed E-state index contributed by atoms with van der Waals surface area (Å²) in [4.78, 5) is 4.22. The third-order valence-electron chi connectivity index (χ3n) is 2.30. The molecule has 1 N–H and O–H groups in total. The predicted octanol–water partition coefficient (Wildman–Crippen LogP) is 3.01. The Bertz CT molecular complexity index is 331. The van der Waals surface area contributed by atoms with Crippen molar-refractivity contribution in [1.82, 2.24) is 10.3 Å². The van der Waals surface area contributed by atoms with E-state index in [1.165, 1.54) is 16.7 Å². The maximum Gasteiger partial charge on any atom is 0.0372 e. The Balaban J connectivity index is 2.83. The third kappa shape index (κ3) is 3.84. The minimum Gasteiger partial charge on any atom is -0.310 e. The number of nitrogens with zero attached hydrogens (tertiary/aromatic N) is 1. The number of hydrogen-bond donors (Lipinski definition) is 1. The zero-order valence-corrected chi connectivity index (χ0v) is 9.88. The van der Waals surface area contributed by atoms with Gasteiger partial charge in [0, 0.05) is 18.4 Å². The number of aromatic nitrogens is 1. The van der Waals surface area contributed by atoms with E-state index in [0.29, 0.717) is 6.04 Å².